The van der Waals surface area contributed by atoms with Crippen LogP contribution >= 0.6 is 0 Å². The van der Waals surface area contributed by atoms with Crippen LogP contribution in [0.15, 0.2) is 54.1 Å². The van der Waals surface area contributed by atoms with Gasteiger partial charge in [0.15, 0.2) is 5.60 Å². The fourth-order valence-electron chi connectivity index (χ4n) is 4.24. The van der Waals surface area contributed by atoms with Crippen LogP contribution in [0.25, 0.3) is 0 Å². The molecule has 25 heavy (non-hydrogen) atoms. The van der Waals surface area contributed by atoms with Gasteiger partial charge in [-0.05, 0) is 50.5 Å². The minimum absolute atomic E-state index is 0.107. The Balaban J connectivity index is 2.31. The molecule has 0 bridgehead atoms. The largest absolute Gasteiger partial charge is 0.467 e. The standard InChI is InChI=1S/C22H30O3/c1-15(2)10-9-11-16(3)20-17(4)19(18-12-7-6-8-13-18)14-22(20,24)21(23)25-5/h6-8,10,12-13,17,19-20,24H,3,9,11,14H2,1-2,4-5H3/t17-,19+,20+,22-/m1/s1. The third-order valence-electron chi connectivity index (χ3n) is 5.43. The van der Waals surface area contributed by atoms with Crippen molar-refractivity contribution < 1.29 is 14.6 Å². The zero-order valence-corrected chi connectivity index (χ0v) is 15.8. The van der Waals surface area contributed by atoms with E-state index in [1.165, 1.54) is 12.7 Å². The second-order valence-electron chi connectivity index (χ2n) is 7.45. The van der Waals surface area contributed by atoms with Gasteiger partial charge in [-0.3, -0.25) is 0 Å². The van der Waals surface area contributed by atoms with Gasteiger partial charge in [0.2, 0.25) is 0 Å². The molecule has 0 saturated heterocycles. The van der Waals surface area contributed by atoms with Gasteiger partial charge < -0.3 is 9.84 Å². The van der Waals surface area contributed by atoms with Crippen molar-refractivity contribution in [1.29, 1.82) is 0 Å². The number of hydrogen-bond donors (Lipinski definition) is 1. The van der Waals surface area contributed by atoms with Crippen LogP contribution in [0.2, 0.25) is 0 Å². The number of ether oxygens (including phenoxy) is 1. The minimum Gasteiger partial charge on any atom is -0.467 e. The van der Waals surface area contributed by atoms with E-state index in [4.69, 9.17) is 4.74 Å². The van der Waals surface area contributed by atoms with Gasteiger partial charge in [-0.25, -0.2) is 4.79 Å². The SMILES string of the molecule is C=C(CCC=C(C)C)[C@H]1[C@H](C)[C@@H](c2ccccc2)C[C@]1(O)C(=O)OC. The monoisotopic (exact) mass is 342 g/mol. The highest BCUT2D eigenvalue weighted by Gasteiger charge is 2.57. The molecule has 0 unspecified atom stereocenters. The Labute approximate surface area is 151 Å². The molecule has 0 amide bonds. The summed E-state index contributed by atoms with van der Waals surface area (Å²) >= 11 is 0. The molecule has 0 radical (unpaired) electrons. The fourth-order valence-corrected chi connectivity index (χ4v) is 4.24. The number of methoxy groups -OCH3 is 1. The Morgan fingerprint density at radius 1 is 1.36 bits per heavy atom. The van der Waals surface area contributed by atoms with Gasteiger partial charge in [-0.15, -0.1) is 0 Å². The third-order valence-corrected chi connectivity index (χ3v) is 5.43. The minimum atomic E-state index is -1.50. The first-order valence-corrected chi connectivity index (χ1v) is 8.98. The summed E-state index contributed by atoms with van der Waals surface area (Å²) in [6, 6.07) is 10.1. The zero-order chi connectivity index (χ0) is 18.6. The lowest BCUT2D eigenvalue weighted by Gasteiger charge is -2.31. The molecular formula is C22H30O3. The molecule has 136 valence electrons. The molecule has 2 rings (SSSR count). The molecule has 1 aliphatic rings. The summed E-state index contributed by atoms with van der Waals surface area (Å²) in [5, 5.41) is 11.2. The van der Waals surface area contributed by atoms with Crippen LogP contribution in [0.5, 0.6) is 0 Å². The number of aliphatic hydroxyl groups is 1. The molecule has 0 aromatic heterocycles. The molecule has 0 heterocycles. The van der Waals surface area contributed by atoms with Gasteiger partial charge in [0.1, 0.15) is 0 Å². The molecule has 1 aromatic carbocycles. The van der Waals surface area contributed by atoms with Crippen LogP contribution in [0.4, 0.5) is 0 Å². The van der Waals surface area contributed by atoms with E-state index in [0.717, 1.165) is 24.0 Å². The smallest absolute Gasteiger partial charge is 0.338 e. The first kappa shape index (κ1) is 19.5. The van der Waals surface area contributed by atoms with E-state index in [-0.39, 0.29) is 17.8 Å². The van der Waals surface area contributed by atoms with E-state index in [9.17, 15) is 9.90 Å². The van der Waals surface area contributed by atoms with E-state index in [0.29, 0.717) is 6.42 Å². The molecule has 1 aliphatic carbocycles. The van der Waals surface area contributed by atoms with Crippen molar-refractivity contribution in [2.75, 3.05) is 7.11 Å². The highest BCUT2D eigenvalue weighted by Crippen LogP contribution is 2.53. The number of carbonyl (C=O) groups excluding carboxylic acids is 1. The van der Waals surface area contributed by atoms with Crippen molar-refractivity contribution in [3.05, 3.63) is 59.7 Å². The molecule has 1 saturated carbocycles. The van der Waals surface area contributed by atoms with Gasteiger partial charge in [0.05, 0.1) is 7.11 Å². The Morgan fingerprint density at radius 3 is 2.56 bits per heavy atom. The lowest BCUT2D eigenvalue weighted by Crippen LogP contribution is -2.45. The van der Waals surface area contributed by atoms with Crippen molar-refractivity contribution in [2.45, 2.75) is 51.6 Å². The average Bonchev–Trinajstić information content (AvgIpc) is 2.86. The number of rotatable bonds is 6. The summed E-state index contributed by atoms with van der Waals surface area (Å²) in [5.41, 5.74) is 1.84. The normalized spacial score (nSPS) is 28.4. The van der Waals surface area contributed by atoms with Crippen LogP contribution in [-0.4, -0.2) is 23.8 Å². The number of esters is 1. The summed E-state index contributed by atoms with van der Waals surface area (Å²) < 4.78 is 4.95. The highest BCUT2D eigenvalue weighted by molar-refractivity contribution is 5.81. The fraction of sp³-hybridized carbons (Fsp3) is 0.500. The molecule has 3 heteroatoms. The zero-order valence-electron chi connectivity index (χ0n) is 15.8. The second kappa shape index (κ2) is 8.01. The van der Waals surface area contributed by atoms with Crippen molar-refractivity contribution in [3.63, 3.8) is 0 Å². The topological polar surface area (TPSA) is 46.5 Å². The van der Waals surface area contributed by atoms with E-state index in [1.54, 1.807) is 0 Å². The van der Waals surface area contributed by atoms with Crippen LogP contribution in [0.3, 0.4) is 0 Å². The van der Waals surface area contributed by atoms with Crippen molar-refractivity contribution in [1.82, 2.24) is 0 Å². The van der Waals surface area contributed by atoms with Crippen LogP contribution in [0, 0.1) is 11.8 Å². The van der Waals surface area contributed by atoms with E-state index < -0.39 is 11.6 Å². The number of allylic oxidation sites excluding steroid dienone is 2. The summed E-state index contributed by atoms with van der Waals surface area (Å²) in [4.78, 5) is 12.4. The second-order valence-corrected chi connectivity index (χ2v) is 7.45. The highest BCUT2D eigenvalue weighted by atomic mass is 16.5. The number of benzene rings is 1. The Hall–Kier alpha value is -1.87. The Morgan fingerprint density at radius 2 is 2.00 bits per heavy atom. The molecule has 1 aromatic rings. The van der Waals surface area contributed by atoms with Gasteiger partial charge in [0, 0.05) is 5.92 Å². The van der Waals surface area contributed by atoms with E-state index >= 15 is 0 Å². The maximum absolute atomic E-state index is 12.4. The van der Waals surface area contributed by atoms with Gasteiger partial charge in [0.25, 0.3) is 0 Å². The predicted octanol–water partition coefficient (Wildman–Crippen LogP) is 4.63. The third kappa shape index (κ3) is 4.04. The molecular weight excluding hydrogens is 312 g/mol. The molecule has 4 atom stereocenters. The molecule has 1 N–H and O–H groups in total. The van der Waals surface area contributed by atoms with Gasteiger partial charge >= 0.3 is 5.97 Å². The van der Waals surface area contributed by atoms with Gasteiger partial charge in [-0.1, -0.05) is 61.1 Å². The molecule has 0 spiro atoms. The predicted molar refractivity (Wildman–Crippen MR) is 101 cm³/mol. The van der Waals surface area contributed by atoms with Crippen LogP contribution in [0.1, 0.15) is 51.5 Å². The maximum atomic E-state index is 12.4. The van der Waals surface area contributed by atoms with Crippen molar-refractivity contribution in [2.24, 2.45) is 11.8 Å². The van der Waals surface area contributed by atoms with Crippen molar-refractivity contribution >= 4 is 5.97 Å². The van der Waals surface area contributed by atoms with Crippen molar-refractivity contribution in [3.8, 4) is 0 Å². The number of hydrogen-bond acceptors (Lipinski definition) is 3. The average molecular weight is 342 g/mol. The summed E-state index contributed by atoms with van der Waals surface area (Å²) in [6.45, 7) is 10.5. The summed E-state index contributed by atoms with van der Waals surface area (Å²) in [6.07, 6.45) is 4.17. The molecule has 1 fully saturated rings. The quantitative estimate of drug-likeness (QED) is 0.605. The van der Waals surface area contributed by atoms with Gasteiger partial charge in [-0.2, -0.15) is 0 Å². The first-order valence-electron chi connectivity index (χ1n) is 8.98. The lowest BCUT2D eigenvalue weighted by molar-refractivity contribution is -0.165. The summed E-state index contributed by atoms with van der Waals surface area (Å²) in [5.74, 6) is -0.622. The number of carbonyl (C=O) groups is 1. The van der Waals surface area contributed by atoms with Crippen LogP contribution < -0.4 is 0 Å². The lowest BCUT2D eigenvalue weighted by atomic mass is 9.78. The van der Waals surface area contributed by atoms with E-state index in [2.05, 4.69) is 45.6 Å². The molecule has 0 aliphatic heterocycles. The van der Waals surface area contributed by atoms with E-state index in [1.807, 2.05) is 18.2 Å². The molecule has 3 nitrogen and oxygen atoms in total. The Bertz CT molecular complexity index is 642. The maximum Gasteiger partial charge on any atom is 0.338 e. The Kier molecular flexibility index (Phi) is 6.23. The first-order chi connectivity index (χ1) is 11.8. The summed E-state index contributed by atoms with van der Waals surface area (Å²) in [7, 11) is 1.34. The van der Waals surface area contributed by atoms with Crippen LogP contribution in [-0.2, 0) is 9.53 Å².